The van der Waals surface area contributed by atoms with Gasteiger partial charge < -0.3 is 24.7 Å². The molecule has 0 atom stereocenters. The van der Waals surface area contributed by atoms with Crippen molar-refractivity contribution in [1.82, 2.24) is 19.9 Å². The average molecular weight is 462 g/mol. The highest BCUT2D eigenvalue weighted by atomic mass is 35.5. The molecular weight excluding hydrogens is 441 g/mol. The van der Waals surface area contributed by atoms with E-state index in [0.29, 0.717) is 65.7 Å². The Balaban J connectivity index is 1.59. The normalized spacial score (nSPS) is 17.5. The molecule has 0 unspecified atom stereocenters. The van der Waals surface area contributed by atoms with Gasteiger partial charge in [-0.1, -0.05) is 23.2 Å². The molecule has 0 aliphatic carbocycles. The number of nitrogens with one attached hydrogen (secondary N) is 2. The summed E-state index contributed by atoms with van der Waals surface area (Å²) in [5, 5.41) is 3.89. The minimum Gasteiger partial charge on any atom is -0.486 e. The summed E-state index contributed by atoms with van der Waals surface area (Å²) in [5.74, 6) is 1.00. The number of carbonyl (C=O) groups is 1. The van der Waals surface area contributed by atoms with Crippen LogP contribution >= 0.6 is 23.2 Å². The largest absolute Gasteiger partial charge is 0.486 e. The second-order valence-corrected chi connectivity index (χ2v) is 9.07. The first-order valence-electron chi connectivity index (χ1n) is 10.00. The first-order chi connectivity index (χ1) is 14.8. The summed E-state index contributed by atoms with van der Waals surface area (Å²) in [4.78, 5) is 27.0. The maximum atomic E-state index is 13.3. The van der Waals surface area contributed by atoms with Crippen molar-refractivity contribution in [2.24, 2.45) is 0 Å². The van der Waals surface area contributed by atoms with Crippen LogP contribution in [0.4, 0.5) is 11.6 Å². The predicted molar refractivity (Wildman–Crippen MR) is 119 cm³/mol. The smallest absolute Gasteiger partial charge is 0.257 e. The number of nitrogens with zero attached hydrogens (tertiary/aromatic N) is 3. The van der Waals surface area contributed by atoms with Crippen molar-refractivity contribution >= 4 is 51.8 Å². The van der Waals surface area contributed by atoms with Crippen LogP contribution in [0.3, 0.4) is 0 Å². The van der Waals surface area contributed by atoms with E-state index in [2.05, 4.69) is 15.3 Å². The van der Waals surface area contributed by atoms with Crippen molar-refractivity contribution in [3.05, 3.63) is 39.6 Å². The van der Waals surface area contributed by atoms with Crippen LogP contribution in [0.5, 0.6) is 5.75 Å². The summed E-state index contributed by atoms with van der Waals surface area (Å²) in [6, 6.07) is 1.81. The summed E-state index contributed by atoms with van der Waals surface area (Å²) < 4.78 is 11.6. The fourth-order valence-electron chi connectivity index (χ4n) is 4.02. The number of aromatic nitrogens is 3. The molecule has 0 spiro atoms. The van der Waals surface area contributed by atoms with Gasteiger partial charge in [0.2, 0.25) is 5.95 Å². The number of fused-ring (bicyclic) bond motifs is 3. The van der Waals surface area contributed by atoms with E-state index in [1.165, 1.54) is 12.4 Å². The molecule has 2 aliphatic rings. The highest BCUT2D eigenvalue weighted by Crippen LogP contribution is 2.43. The minimum atomic E-state index is -0.430. The molecule has 2 aliphatic heterocycles. The number of amides is 1. The van der Waals surface area contributed by atoms with Gasteiger partial charge in [-0.05, 0) is 19.9 Å². The van der Waals surface area contributed by atoms with Gasteiger partial charge in [0, 0.05) is 37.5 Å². The number of anilines is 2. The molecule has 1 aromatic carbocycles. The van der Waals surface area contributed by atoms with E-state index in [9.17, 15) is 4.79 Å². The average Bonchev–Trinajstić information content (AvgIpc) is 3.29. The third-order valence-corrected chi connectivity index (χ3v) is 6.00. The Bertz CT molecular complexity index is 1170. The number of hydrogen-bond donors (Lipinski definition) is 2. The molecule has 31 heavy (non-hydrogen) atoms. The molecule has 2 aromatic heterocycles. The molecule has 10 heteroatoms. The number of ether oxygens (including phenoxy) is 2. The van der Waals surface area contributed by atoms with Crippen LogP contribution in [0.25, 0.3) is 11.0 Å². The van der Waals surface area contributed by atoms with Crippen molar-refractivity contribution in [2.75, 3.05) is 31.6 Å². The maximum Gasteiger partial charge on any atom is 0.257 e. The number of H-pyrrole nitrogens is 1. The molecule has 0 radical (unpaired) electrons. The predicted octanol–water partition coefficient (Wildman–Crippen LogP) is 4.19. The minimum absolute atomic E-state index is 0.0662. The molecule has 1 amide bonds. The lowest BCUT2D eigenvalue weighted by molar-refractivity contribution is 0.0298. The number of hydrogen-bond acceptors (Lipinski definition) is 6. The van der Waals surface area contributed by atoms with Gasteiger partial charge in [0.05, 0.1) is 45.5 Å². The van der Waals surface area contributed by atoms with Crippen LogP contribution in [0.15, 0.2) is 18.5 Å². The van der Waals surface area contributed by atoms with E-state index in [-0.39, 0.29) is 5.91 Å². The van der Waals surface area contributed by atoms with Crippen molar-refractivity contribution in [3.63, 3.8) is 0 Å². The monoisotopic (exact) mass is 461 g/mol. The summed E-state index contributed by atoms with van der Waals surface area (Å²) in [7, 11) is 0. The van der Waals surface area contributed by atoms with E-state index in [4.69, 9.17) is 37.7 Å². The summed E-state index contributed by atoms with van der Waals surface area (Å²) in [6.07, 6.45) is 3.65. The molecule has 2 N–H and O–H groups in total. The highest BCUT2D eigenvalue weighted by molar-refractivity contribution is 6.39. The molecule has 4 heterocycles. The fraction of sp³-hybridized carbons (Fsp3) is 0.381. The Morgan fingerprint density at radius 3 is 2.65 bits per heavy atom. The molecule has 1 saturated heterocycles. The highest BCUT2D eigenvalue weighted by Gasteiger charge is 2.37. The third-order valence-electron chi connectivity index (χ3n) is 5.43. The van der Waals surface area contributed by atoms with Crippen molar-refractivity contribution < 1.29 is 14.3 Å². The van der Waals surface area contributed by atoms with Gasteiger partial charge in [0.1, 0.15) is 11.4 Å². The summed E-state index contributed by atoms with van der Waals surface area (Å²) in [5.41, 5.74) is 3.01. The van der Waals surface area contributed by atoms with Gasteiger partial charge in [-0.3, -0.25) is 9.78 Å². The zero-order valence-corrected chi connectivity index (χ0v) is 18.6. The second kappa shape index (κ2) is 7.55. The van der Waals surface area contributed by atoms with Crippen molar-refractivity contribution in [2.45, 2.75) is 25.9 Å². The van der Waals surface area contributed by atoms with Crippen molar-refractivity contribution in [1.29, 1.82) is 0 Å². The van der Waals surface area contributed by atoms with Crippen LogP contribution < -0.4 is 10.1 Å². The number of pyridine rings is 1. The van der Waals surface area contributed by atoms with Gasteiger partial charge in [0.15, 0.2) is 0 Å². The van der Waals surface area contributed by atoms with Crippen LogP contribution in [-0.2, 0) is 11.2 Å². The van der Waals surface area contributed by atoms with Crippen LogP contribution in [0, 0.1) is 0 Å². The molecule has 162 valence electrons. The molecule has 8 nitrogen and oxygen atoms in total. The van der Waals surface area contributed by atoms with Gasteiger partial charge in [-0.25, -0.2) is 4.98 Å². The zero-order valence-electron chi connectivity index (χ0n) is 17.1. The fourth-order valence-corrected chi connectivity index (χ4v) is 4.48. The maximum absolute atomic E-state index is 13.3. The van der Waals surface area contributed by atoms with Crippen LogP contribution in [0.2, 0.25) is 10.0 Å². The zero-order chi connectivity index (χ0) is 21.8. The number of benzene rings is 1. The lowest BCUT2D eigenvalue weighted by Crippen LogP contribution is -2.40. The Morgan fingerprint density at radius 2 is 1.94 bits per heavy atom. The molecule has 0 bridgehead atoms. The van der Waals surface area contributed by atoms with E-state index in [1.807, 2.05) is 13.8 Å². The van der Waals surface area contributed by atoms with E-state index in [1.54, 1.807) is 11.0 Å². The second-order valence-electron chi connectivity index (χ2n) is 8.26. The SMILES string of the molecule is CC1(C)Cc2c(c(C(=O)N3CCOCC3)cc3[nH]c(Nc4c(Cl)cncc4Cl)nc23)O1. The Hall–Kier alpha value is -2.55. The lowest BCUT2D eigenvalue weighted by atomic mass is 9.98. The number of imidazole rings is 1. The molecular formula is C21H21Cl2N5O3. The summed E-state index contributed by atoms with van der Waals surface area (Å²) in [6.45, 7) is 6.20. The number of carbonyl (C=O) groups excluding carboxylic acids is 1. The Labute approximate surface area is 188 Å². The van der Waals surface area contributed by atoms with Gasteiger partial charge >= 0.3 is 0 Å². The third kappa shape index (κ3) is 3.69. The van der Waals surface area contributed by atoms with E-state index >= 15 is 0 Å². The lowest BCUT2D eigenvalue weighted by Gasteiger charge is -2.27. The first kappa shape index (κ1) is 20.4. The molecule has 5 rings (SSSR count). The van der Waals surface area contributed by atoms with Gasteiger partial charge in [0.25, 0.3) is 5.91 Å². The van der Waals surface area contributed by atoms with Gasteiger partial charge in [-0.15, -0.1) is 0 Å². The number of morpholine rings is 1. The Kier molecular flexibility index (Phi) is 4.96. The standard InChI is InChI=1S/C21H21Cl2N5O3/c1-21(2)8-12-16-15(25-20(26-16)27-17-13(22)9-24-10-14(17)23)7-11(18(12)31-21)19(29)28-3-5-30-6-4-28/h7,9-10H,3-6,8H2,1-2H3,(H2,24,25,26,27). The molecule has 3 aromatic rings. The summed E-state index contributed by atoms with van der Waals surface area (Å²) >= 11 is 12.5. The van der Waals surface area contributed by atoms with E-state index < -0.39 is 5.60 Å². The molecule has 1 fully saturated rings. The van der Waals surface area contributed by atoms with Gasteiger partial charge in [-0.2, -0.15) is 0 Å². The van der Waals surface area contributed by atoms with E-state index in [0.717, 1.165) is 16.6 Å². The number of aromatic amines is 1. The first-order valence-corrected chi connectivity index (χ1v) is 10.8. The molecule has 0 saturated carbocycles. The topological polar surface area (TPSA) is 92.4 Å². The number of rotatable bonds is 3. The van der Waals surface area contributed by atoms with Crippen LogP contribution in [0.1, 0.15) is 29.8 Å². The number of halogens is 2. The van der Waals surface area contributed by atoms with Crippen LogP contribution in [-0.4, -0.2) is 57.7 Å². The quantitative estimate of drug-likeness (QED) is 0.607. The Morgan fingerprint density at radius 1 is 1.23 bits per heavy atom. The van der Waals surface area contributed by atoms with Crippen molar-refractivity contribution in [3.8, 4) is 5.75 Å².